The molecule has 0 radical (unpaired) electrons. The number of hydrogen-bond donors (Lipinski definition) is 0. The van der Waals surface area contributed by atoms with Gasteiger partial charge in [-0.1, -0.05) is 24.4 Å². The highest BCUT2D eigenvalue weighted by Gasteiger charge is 2.41. The Morgan fingerprint density at radius 2 is 1.77 bits per heavy atom. The third kappa shape index (κ3) is 4.07. The molecule has 1 aromatic rings. The van der Waals surface area contributed by atoms with Gasteiger partial charge in [0.1, 0.15) is 5.82 Å². The maximum Gasteiger partial charge on any atom is 0.243 e. The van der Waals surface area contributed by atoms with Gasteiger partial charge < -0.3 is 9.80 Å². The summed E-state index contributed by atoms with van der Waals surface area (Å²) in [6, 6.07) is 3.59. The first kappa shape index (κ1) is 21.5. The number of carbonyl (C=O) groups is 2. The molecule has 1 aromatic carbocycles. The number of hydrogen-bond acceptors (Lipinski definition) is 4. The molecule has 0 bridgehead atoms. The van der Waals surface area contributed by atoms with E-state index in [-0.39, 0.29) is 66.3 Å². The van der Waals surface area contributed by atoms with Gasteiger partial charge >= 0.3 is 0 Å². The number of carbonyl (C=O) groups excluding carboxylic acids is 2. The summed E-state index contributed by atoms with van der Waals surface area (Å²) in [5.74, 6) is -1.05. The Labute approximate surface area is 180 Å². The van der Waals surface area contributed by atoms with Crippen LogP contribution in [0.5, 0.6) is 0 Å². The van der Waals surface area contributed by atoms with Crippen molar-refractivity contribution in [3.05, 3.63) is 29.0 Å². The van der Waals surface area contributed by atoms with E-state index in [1.807, 2.05) is 4.90 Å². The first-order valence-corrected chi connectivity index (χ1v) is 12.1. The molecule has 30 heavy (non-hydrogen) atoms. The predicted octanol–water partition coefficient (Wildman–Crippen LogP) is 2.10. The fourth-order valence-electron chi connectivity index (χ4n) is 4.66. The molecule has 2 aliphatic heterocycles. The molecule has 7 nitrogen and oxygen atoms in total. The topological polar surface area (TPSA) is 78.0 Å². The van der Waals surface area contributed by atoms with Gasteiger partial charge in [0.25, 0.3) is 0 Å². The largest absolute Gasteiger partial charge is 0.340 e. The zero-order valence-corrected chi connectivity index (χ0v) is 18.2. The zero-order valence-electron chi connectivity index (χ0n) is 16.6. The summed E-state index contributed by atoms with van der Waals surface area (Å²) >= 11 is 5.72. The van der Waals surface area contributed by atoms with Gasteiger partial charge in [0.15, 0.2) is 0 Å². The lowest BCUT2D eigenvalue weighted by atomic mass is 10.1. The van der Waals surface area contributed by atoms with Crippen LogP contribution >= 0.6 is 11.6 Å². The molecule has 1 aliphatic carbocycles. The van der Waals surface area contributed by atoms with Crippen molar-refractivity contribution in [1.82, 2.24) is 14.1 Å². The Morgan fingerprint density at radius 3 is 2.40 bits per heavy atom. The summed E-state index contributed by atoms with van der Waals surface area (Å²) < 4.78 is 40.3. The Balaban J connectivity index is 1.36. The van der Waals surface area contributed by atoms with Crippen molar-refractivity contribution in [2.24, 2.45) is 5.92 Å². The Morgan fingerprint density at radius 1 is 1.10 bits per heavy atom. The van der Waals surface area contributed by atoms with Crippen molar-refractivity contribution < 1.29 is 22.4 Å². The van der Waals surface area contributed by atoms with Gasteiger partial charge in [-0.2, -0.15) is 4.31 Å². The van der Waals surface area contributed by atoms with Crippen LogP contribution in [-0.4, -0.2) is 73.1 Å². The van der Waals surface area contributed by atoms with Crippen molar-refractivity contribution >= 4 is 33.4 Å². The lowest BCUT2D eigenvalue weighted by Gasteiger charge is -2.35. The molecule has 2 heterocycles. The highest BCUT2D eigenvalue weighted by Crippen LogP contribution is 2.30. The van der Waals surface area contributed by atoms with Crippen LogP contribution < -0.4 is 0 Å². The van der Waals surface area contributed by atoms with Crippen LogP contribution in [0.15, 0.2) is 23.1 Å². The second-order valence-electron chi connectivity index (χ2n) is 8.19. The average Bonchev–Trinajstić information content (AvgIpc) is 3.39. The highest BCUT2D eigenvalue weighted by atomic mass is 35.5. The maximum atomic E-state index is 13.4. The predicted molar refractivity (Wildman–Crippen MR) is 109 cm³/mol. The van der Waals surface area contributed by atoms with Gasteiger partial charge in [0.2, 0.25) is 21.8 Å². The maximum absolute atomic E-state index is 13.4. The van der Waals surface area contributed by atoms with Crippen molar-refractivity contribution in [1.29, 1.82) is 0 Å². The number of halogens is 2. The van der Waals surface area contributed by atoms with Crippen LogP contribution in [0, 0.1) is 11.7 Å². The minimum absolute atomic E-state index is 0.0506. The second kappa shape index (κ2) is 8.43. The summed E-state index contributed by atoms with van der Waals surface area (Å²) in [5, 5.41) is -0.248. The van der Waals surface area contributed by atoms with Crippen molar-refractivity contribution in [3.63, 3.8) is 0 Å². The van der Waals surface area contributed by atoms with E-state index in [9.17, 15) is 22.4 Å². The Kier molecular flexibility index (Phi) is 6.05. The summed E-state index contributed by atoms with van der Waals surface area (Å²) in [6.45, 7) is 1.29. The lowest BCUT2D eigenvalue weighted by molar-refractivity contribution is -0.137. The normalized spacial score (nSPS) is 24.1. The molecule has 1 saturated carbocycles. The van der Waals surface area contributed by atoms with E-state index in [4.69, 9.17) is 11.6 Å². The molecular formula is C20H25ClFN3O4S. The molecule has 3 aliphatic rings. The van der Waals surface area contributed by atoms with Gasteiger partial charge in [0, 0.05) is 45.2 Å². The standard InChI is InChI=1S/C20H25ClFN3O4S/c21-17-12-16(5-6-18(17)22)30(28,29)24-9-7-23(8-10-24)20(27)14-11-19(26)25(13-14)15-3-1-2-4-15/h5-6,12,14-15H,1-4,7-11,13H2/t14-/m0/s1. The molecule has 0 spiro atoms. The van der Waals surface area contributed by atoms with E-state index < -0.39 is 15.8 Å². The number of nitrogens with zero attached hydrogens (tertiary/aromatic N) is 3. The van der Waals surface area contributed by atoms with Gasteiger partial charge in [-0.15, -0.1) is 0 Å². The summed E-state index contributed by atoms with van der Waals surface area (Å²) in [7, 11) is -3.82. The van der Waals surface area contributed by atoms with E-state index in [2.05, 4.69) is 0 Å². The van der Waals surface area contributed by atoms with Crippen molar-refractivity contribution in [2.75, 3.05) is 32.7 Å². The van der Waals surface area contributed by atoms with Gasteiger partial charge in [-0.3, -0.25) is 9.59 Å². The number of piperazine rings is 1. The van der Waals surface area contributed by atoms with E-state index in [0.717, 1.165) is 37.8 Å². The van der Waals surface area contributed by atoms with Crippen LogP contribution in [0.3, 0.4) is 0 Å². The van der Waals surface area contributed by atoms with E-state index in [1.165, 1.54) is 10.4 Å². The molecule has 1 atom stereocenters. The molecule has 4 rings (SSSR count). The van der Waals surface area contributed by atoms with Gasteiger partial charge in [-0.25, -0.2) is 12.8 Å². The molecule has 2 amide bonds. The van der Waals surface area contributed by atoms with Crippen LogP contribution in [0.4, 0.5) is 4.39 Å². The molecule has 10 heteroatoms. The highest BCUT2D eigenvalue weighted by molar-refractivity contribution is 7.89. The first-order chi connectivity index (χ1) is 14.3. The second-order valence-corrected chi connectivity index (χ2v) is 10.5. The smallest absolute Gasteiger partial charge is 0.243 e. The third-order valence-electron chi connectivity index (χ3n) is 6.35. The summed E-state index contributed by atoms with van der Waals surface area (Å²) in [4.78, 5) is 28.8. The SMILES string of the molecule is O=C([C@H]1CC(=O)N(C2CCCC2)C1)N1CCN(S(=O)(=O)c2ccc(F)c(Cl)c2)CC1. The first-order valence-electron chi connectivity index (χ1n) is 10.3. The van der Waals surface area contributed by atoms with Gasteiger partial charge in [0.05, 0.1) is 15.8 Å². The summed E-state index contributed by atoms with van der Waals surface area (Å²) in [6.07, 6.45) is 4.51. The number of amides is 2. The number of rotatable bonds is 4. The molecule has 0 N–H and O–H groups in total. The number of likely N-dealkylation sites (tertiary alicyclic amines) is 1. The van der Waals surface area contributed by atoms with Crippen LogP contribution in [0.1, 0.15) is 32.1 Å². The lowest BCUT2D eigenvalue weighted by Crippen LogP contribution is -2.52. The van der Waals surface area contributed by atoms with E-state index in [1.54, 1.807) is 4.90 Å². The summed E-state index contributed by atoms with van der Waals surface area (Å²) in [5.41, 5.74) is 0. The quantitative estimate of drug-likeness (QED) is 0.693. The van der Waals surface area contributed by atoms with Crippen LogP contribution in [0.25, 0.3) is 0 Å². The molecule has 0 unspecified atom stereocenters. The monoisotopic (exact) mass is 457 g/mol. The zero-order chi connectivity index (χ0) is 21.5. The van der Waals surface area contributed by atoms with Crippen LogP contribution in [0.2, 0.25) is 5.02 Å². The van der Waals surface area contributed by atoms with E-state index in [0.29, 0.717) is 6.54 Å². The van der Waals surface area contributed by atoms with Crippen LogP contribution in [-0.2, 0) is 19.6 Å². The van der Waals surface area contributed by atoms with Gasteiger partial charge in [-0.05, 0) is 31.0 Å². The third-order valence-corrected chi connectivity index (χ3v) is 8.54. The fraction of sp³-hybridized carbons (Fsp3) is 0.600. The average molecular weight is 458 g/mol. The number of benzene rings is 1. The fourth-order valence-corrected chi connectivity index (χ4v) is 6.35. The van der Waals surface area contributed by atoms with E-state index >= 15 is 0 Å². The Hall–Kier alpha value is -1.71. The minimum Gasteiger partial charge on any atom is -0.340 e. The molecule has 0 aromatic heterocycles. The number of sulfonamides is 1. The minimum atomic E-state index is -3.82. The van der Waals surface area contributed by atoms with Crippen molar-refractivity contribution in [2.45, 2.75) is 43.0 Å². The molecular weight excluding hydrogens is 433 g/mol. The molecule has 2 saturated heterocycles. The molecule has 164 valence electrons. The Bertz CT molecular complexity index is 943. The van der Waals surface area contributed by atoms with Crippen molar-refractivity contribution in [3.8, 4) is 0 Å². The molecule has 3 fully saturated rings.